The molecule has 0 aliphatic heterocycles. The van der Waals surface area contributed by atoms with Crippen LogP contribution >= 0.6 is 0 Å². The van der Waals surface area contributed by atoms with Crippen molar-refractivity contribution in [1.82, 2.24) is 9.13 Å². The van der Waals surface area contributed by atoms with Crippen molar-refractivity contribution in [1.29, 1.82) is 0 Å². The molecule has 256 valence electrons. The van der Waals surface area contributed by atoms with E-state index in [0.717, 1.165) is 0 Å². The molecule has 54 heavy (non-hydrogen) atoms. The fourth-order valence-corrected chi connectivity index (χ4v) is 10.1. The molecule has 0 spiro atoms. The lowest BCUT2D eigenvalue weighted by molar-refractivity contribution is 0.577. The summed E-state index contributed by atoms with van der Waals surface area (Å²) in [5, 5.41) is 5.18. The molecule has 2 unspecified atom stereocenters. The Labute approximate surface area is 315 Å². The molecule has 0 amide bonds. The van der Waals surface area contributed by atoms with Crippen molar-refractivity contribution in [2.45, 2.75) is 24.7 Å². The van der Waals surface area contributed by atoms with Crippen LogP contribution < -0.4 is 0 Å². The van der Waals surface area contributed by atoms with Gasteiger partial charge >= 0.3 is 0 Å². The van der Waals surface area contributed by atoms with E-state index in [1.165, 1.54) is 88.4 Å². The van der Waals surface area contributed by atoms with E-state index in [9.17, 15) is 0 Å². The summed E-state index contributed by atoms with van der Waals surface area (Å²) >= 11 is 0. The van der Waals surface area contributed by atoms with Crippen molar-refractivity contribution in [3.8, 4) is 11.4 Å². The summed E-state index contributed by atoms with van der Waals surface area (Å²) in [5.41, 5.74) is 14.3. The van der Waals surface area contributed by atoms with Crippen LogP contribution in [0.25, 0.3) is 55.0 Å². The van der Waals surface area contributed by atoms with Crippen LogP contribution in [0.15, 0.2) is 194 Å². The highest BCUT2D eigenvalue weighted by molar-refractivity contribution is 6.15. The van der Waals surface area contributed by atoms with Gasteiger partial charge in [-0.1, -0.05) is 146 Å². The Hall–Kier alpha value is -6.64. The average Bonchev–Trinajstić information content (AvgIpc) is 3.77. The van der Waals surface area contributed by atoms with Crippen molar-refractivity contribution in [2.24, 2.45) is 0 Å². The third-order valence-corrected chi connectivity index (χ3v) is 12.5. The second-order valence-corrected chi connectivity index (χ2v) is 15.1. The smallest absolute Gasteiger partial charge is 0.0544 e. The molecule has 10 aromatic rings. The van der Waals surface area contributed by atoms with Gasteiger partial charge in [0, 0.05) is 43.7 Å². The monoisotopic (exact) mass is 690 g/mol. The summed E-state index contributed by atoms with van der Waals surface area (Å²) in [7, 11) is 0. The fourth-order valence-electron chi connectivity index (χ4n) is 10.1. The van der Waals surface area contributed by atoms with Crippen LogP contribution in [-0.2, 0) is 10.8 Å². The highest BCUT2D eigenvalue weighted by atomic mass is 15.0. The number of aromatic nitrogens is 2. The summed E-state index contributed by atoms with van der Waals surface area (Å²) in [5.74, 6) is 0. The molecular weight excluding hydrogens is 653 g/mol. The van der Waals surface area contributed by atoms with E-state index in [0.29, 0.717) is 0 Å². The highest BCUT2D eigenvalue weighted by Gasteiger charge is 2.50. The number of nitrogens with zero attached hydrogens (tertiary/aromatic N) is 2. The normalized spacial score (nSPS) is 18.0. The second kappa shape index (κ2) is 11.4. The van der Waals surface area contributed by atoms with Crippen LogP contribution in [0.5, 0.6) is 0 Å². The molecule has 2 atom stereocenters. The minimum Gasteiger partial charge on any atom is -0.309 e. The highest BCUT2D eigenvalue weighted by Crippen LogP contribution is 2.60. The van der Waals surface area contributed by atoms with Crippen LogP contribution in [0, 0.1) is 0 Å². The summed E-state index contributed by atoms with van der Waals surface area (Å²) in [6.07, 6.45) is 0. The quantitative estimate of drug-likeness (QED) is 0.174. The van der Waals surface area contributed by atoms with Crippen LogP contribution in [0.4, 0.5) is 0 Å². The van der Waals surface area contributed by atoms with E-state index >= 15 is 0 Å². The maximum absolute atomic E-state index is 2.49. The van der Waals surface area contributed by atoms with Crippen molar-refractivity contribution in [3.63, 3.8) is 0 Å². The maximum Gasteiger partial charge on any atom is 0.0544 e. The molecule has 0 saturated heterocycles. The van der Waals surface area contributed by atoms with Gasteiger partial charge in [0.25, 0.3) is 0 Å². The molecule has 2 aromatic heterocycles. The van der Waals surface area contributed by atoms with Gasteiger partial charge in [0.05, 0.1) is 22.1 Å². The van der Waals surface area contributed by atoms with Crippen LogP contribution in [0.2, 0.25) is 0 Å². The molecule has 1 aliphatic rings. The van der Waals surface area contributed by atoms with Gasteiger partial charge in [0.1, 0.15) is 0 Å². The van der Waals surface area contributed by atoms with E-state index in [-0.39, 0.29) is 0 Å². The summed E-state index contributed by atoms with van der Waals surface area (Å²) < 4.78 is 4.92. The molecular formula is C52H38N2. The van der Waals surface area contributed by atoms with Gasteiger partial charge in [0.15, 0.2) is 0 Å². The first-order valence-corrected chi connectivity index (χ1v) is 19.0. The summed E-state index contributed by atoms with van der Waals surface area (Å²) in [6, 6.07) is 71.8. The lowest BCUT2D eigenvalue weighted by atomic mass is 9.54. The first-order valence-electron chi connectivity index (χ1n) is 19.0. The predicted octanol–water partition coefficient (Wildman–Crippen LogP) is 12.9. The number of para-hydroxylation sites is 4. The molecule has 11 rings (SSSR count). The molecule has 0 bridgehead atoms. The number of rotatable bonds is 4. The van der Waals surface area contributed by atoms with Gasteiger partial charge in [-0.05, 0) is 95.8 Å². The van der Waals surface area contributed by atoms with Gasteiger partial charge in [-0.2, -0.15) is 0 Å². The molecule has 0 fully saturated rings. The Bertz CT molecular complexity index is 2840. The standard InChI is InChI=1S/C52H38N2/c1-51(35-19-7-3-8-20-35)41-31-33-46-48(40-28-16-18-30-44(40)54(46)38-25-13-6-14-26-38)50(41)52(2,36-21-9-4-10-22-36)42-32-34-45-47(49(42)51)39-27-15-17-29-43(39)53(45)37-23-11-5-12-24-37/h3-34H,1-2H3. The van der Waals surface area contributed by atoms with Crippen molar-refractivity contribution < 1.29 is 0 Å². The Kier molecular flexibility index (Phi) is 6.55. The Morgan fingerprint density at radius 3 is 1.04 bits per heavy atom. The summed E-state index contributed by atoms with van der Waals surface area (Å²) in [6.45, 7) is 4.97. The molecule has 2 nitrogen and oxygen atoms in total. The fraction of sp³-hybridized carbons (Fsp3) is 0.0769. The zero-order valence-corrected chi connectivity index (χ0v) is 30.4. The third-order valence-electron chi connectivity index (χ3n) is 12.5. The molecule has 2 heterocycles. The first kappa shape index (κ1) is 30.9. The first-order chi connectivity index (χ1) is 26.6. The molecule has 2 heteroatoms. The van der Waals surface area contributed by atoms with Crippen molar-refractivity contribution in [3.05, 3.63) is 228 Å². The van der Waals surface area contributed by atoms with E-state index in [1.54, 1.807) is 0 Å². The Morgan fingerprint density at radius 1 is 0.315 bits per heavy atom. The van der Waals surface area contributed by atoms with E-state index in [4.69, 9.17) is 0 Å². The Balaban J connectivity index is 1.39. The lowest BCUT2D eigenvalue weighted by Crippen LogP contribution is -2.41. The second-order valence-electron chi connectivity index (χ2n) is 15.1. The topological polar surface area (TPSA) is 9.86 Å². The van der Waals surface area contributed by atoms with Gasteiger partial charge in [-0.15, -0.1) is 0 Å². The third kappa shape index (κ3) is 4.00. The van der Waals surface area contributed by atoms with Gasteiger partial charge in [0.2, 0.25) is 0 Å². The number of hydrogen-bond acceptors (Lipinski definition) is 0. The zero-order chi connectivity index (χ0) is 36.0. The van der Waals surface area contributed by atoms with E-state index in [2.05, 4.69) is 217 Å². The van der Waals surface area contributed by atoms with Crippen molar-refractivity contribution in [2.75, 3.05) is 0 Å². The van der Waals surface area contributed by atoms with Crippen LogP contribution in [0.3, 0.4) is 0 Å². The van der Waals surface area contributed by atoms with Gasteiger partial charge in [-0.25, -0.2) is 0 Å². The van der Waals surface area contributed by atoms with Crippen LogP contribution in [-0.4, -0.2) is 9.13 Å². The maximum atomic E-state index is 2.49. The number of benzene rings is 8. The van der Waals surface area contributed by atoms with Crippen molar-refractivity contribution >= 4 is 43.6 Å². The SMILES string of the molecule is CC1(c2ccccc2)c2ccc3c(c2C(C)(c2ccccc2)c2ccc4c(c21)c1ccccc1n4-c1ccccc1)c1ccccc1n3-c1ccccc1. The van der Waals surface area contributed by atoms with E-state index < -0.39 is 10.8 Å². The Morgan fingerprint density at radius 2 is 0.648 bits per heavy atom. The number of fused-ring (bicyclic) bond motifs is 10. The molecule has 0 saturated carbocycles. The molecule has 8 aromatic carbocycles. The summed E-state index contributed by atoms with van der Waals surface area (Å²) in [4.78, 5) is 0. The minimum atomic E-state index is -0.491. The van der Waals surface area contributed by atoms with Gasteiger partial charge < -0.3 is 9.13 Å². The van der Waals surface area contributed by atoms with E-state index in [1.807, 2.05) is 0 Å². The number of hydrogen-bond donors (Lipinski definition) is 0. The molecule has 0 radical (unpaired) electrons. The largest absolute Gasteiger partial charge is 0.309 e. The average molecular weight is 691 g/mol. The van der Waals surface area contributed by atoms with Gasteiger partial charge in [-0.3, -0.25) is 0 Å². The van der Waals surface area contributed by atoms with Crippen LogP contribution in [0.1, 0.15) is 47.2 Å². The minimum absolute atomic E-state index is 0.491. The zero-order valence-electron chi connectivity index (χ0n) is 30.4. The predicted molar refractivity (Wildman–Crippen MR) is 226 cm³/mol. The molecule has 0 N–H and O–H groups in total. The molecule has 1 aliphatic carbocycles. The lowest BCUT2D eigenvalue weighted by Gasteiger charge is -2.48.